The van der Waals surface area contributed by atoms with Crippen LogP contribution in [-0.4, -0.2) is 0 Å². The molecule has 10 heavy (non-hydrogen) atoms. The molecule has 51 valence electrons. The Morgan fingerprint density at radius 1 is 1.40 bits per heavy atom. The van der Waals surface area contributed by atoms with Gasteiger partial charge in [-0.2, -0.15) is 0 Å². The Hall–Kier alpha value is -0.410. The van der Waals surface area contributed by atoms with Crippen molar-refractivity contribution in [2.45, 2.75) is 0 Å². The van der Waals surface area contributed by atoms with Crippen LogP contribution < -0.4 is 4.90 Å². The highest BCUT2D eigenvalue weighted by Crippen LogP contribution is 2.30. The number of thiophene rings is 1. The van der Waals surface area contributed by atoms with Crippen LogP contribution in [0.5, 0.6) is 0 Å². The first kappa shape index (κ1) is 6.31. The molecule has 0 atom stereocenters. The minimum atomic E-state index is 1.28. The molecule has 1 aliphatic heterocycles. The molecule has 0 saturated heterocycles. The minimum absolute atomic E-state index is 1.28. The molecule has 0 amide bonds. The third-order valence-electron chi connectivity index (χ3n) is 1.24. The predicted octanol–water partition coefficient (Wildman–Crippen LogP) is 2.89. The average molecular weight is 168 g/mol. The normalized spacial score (nSPS) is 16.6. The number of hydrogen-bond donors (Lipinski definition) is 0. The summed E-state index contributed by atoms with van der Waals surface area (Å²) in [5, 5.41) is 5.43. The maximum Gasteiger partial charge on any atom is 0.114 e. The molecule has 1 nitrogen and oxygen atoms in total. The molecule has 3 heteroatoms. The Bertz CT molecular complexity index is 228. The maximum absolute atomic E-state index is 2.12. The topological polar surface area (TPSA) is 3.24 Å². The van der Waals surface area contributed by atoms with E-state index in [0.717, 1.165) is 0 Å². The fourth-order valence-electron chi connectivity index (χ4n) is 0.779. The first-order valence-corrected chi connectivity index (χ1v) is 4.76. The van der Waals surface area contributed by atoms with E-state index in [-0.39, 0.29) is 0 Å². The van der Waals surface area contributed by atoms with Crippen LogP contribution in [0.3, 0.4) is 0 Å². The molecule has 0 aromatic carbocycles. The molecule has 2 rings (SSSR count). The van der Waals surface area contributed by atoms with Gasteiger partial charge in [-0.1, -0.05) is 0 Å². The van der Waals surface area contributed by atoms with Gasteiger partial charge in [0.1, 0.15) is 5.88 Å². The van der Waals surface area contributed by atoms with Crippen molar-refractivity contribution in [1.82, 2.24) is 0 Å². The van der Waals surface area contributed by atoms with Crippen molar-refractivity contribution in [3.05, 3.63) is 35.0 Å². The molecule has 0 aliphatic carbocycles. The molecule has 0 unspecified atom stereocenters. The molecule has 0 saturated carbocycles. The first-order valence-electron chi connectivity index (χ1n) is 2.94. The Balaban J connectivity index is 2.20. The summed E-state index contributed by atoms with van der Waals surface area (Å²) in [4.78, 5) is 2.12. The predicted molar refractivity (Wildman–Crippen MR) is 47.8 cm³/mol. The molecular weight excluding hydrogens is 162 g/mol. The zero-order chi connectivity index (χ0) is 6.81. The van der Waals surface area contributed by atoms with Crippen molar-refractivity contribution in [1.29, 1.82) is 0 Å². The van der Waals surface area contributed by atoms with E-state index < -0.39 is 0 Å². The number of anilines is 1. The highest BCUT2D eigenvalue weighted by molar-refractivity contribution is 8.04. The number of rotatable bonds is 1. The van der Waals surface area contributed by atoms with Gasteiger partial charge in [-0.3, -0.25) is 0 Å². The molecular formula is C7H6NS2. The summed E-state index contributed by atoms with van der Waals surface area (Å²) in [6, 6.07) is 4.17. The molecule has 0 bridgehead atoms. The van der Waals surface area contributed by atoms with Gasteiger partial charge in [-0.25, -0.2) is 0 Å². The van der Waals surface area contributed by atoms with E-state index in [1.165, 1.54) is 5.00 Å². The second kappa shape index (κ2) is 2.68. The monoisotopic (exact) mass is 168 g/mol. The summed E-state index contributed by atoms with van der Waals surface area (Å²) in [6.07, 6.45) is 2.07. The SMILES string of the molecule is [CH]1SC=CN1c1cccs1. The summed E-state index contributed by atoms with van der Waals surface area (Å²) in [7, 11) is 0. The van der Waals surface area contributed by atoms with E-state index >= 15 is 0 Å². The first-order chi connectivity index (χ1) is 4.97. The van der Waals surface area contributed by atoms with Gasteiger partial charge in [0.2, 0.25) is 0 Å². The largest absolute Gasteiger partial charge is 0.324 e. The fraction of sp³-hybridized carbons (Fsp3) is 0. The fourth-order valence-corrected chi connectivity index (χ4v) is 2.12. The zero-order valence-corrected chi connectivity index (χ0v) is 6.86. The van der Waals surface area contributed by atoms with Crippen LogP contribution in [0.15, 0.2) is 29.1 Å². The lowest BCUT2D eigenvalue weighted by molar-refractivity contribution is 1.32. The van der Waals surface area contributed by atoms with Gasteiger partial charge in [-0.15, -0.1) is 23.1 Å². The summed E-state index contributed by atoms with van der Waals surface area (Å²) in [6.45, 7) is 0. The molecule has 1 radical (unpaired) electrons. The van der Waals surface area contributed by atoms with Crippen LogP contribution in [0.2, 0.25) is 0 Å². The third-order valence-corrected chi connectivity index (χ3v) is 2.74. The molecule has 1 aromatic heterocycles. The molecule has 0 fully saturated rings. The van der Waals surface area contributed by atoms with Crippen LogP contribution in [-0.2, 0) is 0 Å². The van der Waals surface area contributed by atoms with Gasteiger partial charge in [0, 0.05) is 6.20 Å². The molecule has 1 aromatic rings. The highest BCUT2D eigenvalue weighted by Gasteiger charge is 2.07. The van der Waals surface area contributed by atoms with Crippen molar-refractivity contribution in [2.75, 3.05) is 4.90 Å². The minimum Gasteiger partial charge on any atom is -0.324 e. The van der Waals surface area contributed by atoms with Gasteiger partial charge in [0.05, 0.1) is 5.00 Å². The lowest BCUT2D eigenvalue weighted by Crippen LogP contribution is -2.02. The maximum atomic E-state index is 2.12. The summed E-state index contributed by atoms with van der Waals surface area (Å²) < 4.78 is 0. The van der Waals surface area contributed by atoms with Crippen LogP contribution >= 0.6 is 23.1 Å². The van der Waals surface area contributed by atoms with Crippen molar-refractivity contribution in [3.8, 4) is 0 Å². The average Bonchev–Trinajstić information content (AvgIpc) is 2.59. The van der Waals surface area contributed by atoms with Crippen molar-refractivity contribution >= 4 is 28.1 Å². The van der Waals surface area contributed by atoms with Crippen LogP contribution in [0.4, 0.5) is 5.00 Å². The lowest BCUT2D eigenvalue weighted by Gasteiger charge is -2.09. The number of hydrogen-bond acceptors (Lipinski definition) is 3. The molecule has 0 spiro atoms. The Morgan fingerprint density at radius 2 is 2.40 bits per heavy atom. The van der Waals surface area contributed by atoms with E-state index in [1.54, 1.807) is 23.1 Å². The van der Waals surface area contributed by atoms with Gasteiger partial charge < -0.3 is 4.90 Å². The summed E-state index contributed by atoms with van der Waals surface area (Å²) in [5.41, 5.74) is 0. The number of nitrogens with zero attached hydrogens (tertiary/aromatic N) is 1. The lowest BCUT2D eigenvalue weighted by atomic mass is 10.6. The van der Waals surface area contributed by atoms with E-state index in [4.69, 9.17) is 0 Å². The Labute approximate surface area is 68.4 Å². The standard InChI is InChI=1S/C7H6NS2/c1-2-7(10-4-1)8-3-5-9-6-8/h1-6H. The van der Waals surface area contributed by atoms with E-state index in [0.29, 0.717) is 0 Å². The van der Waals surface area contributed by atoms with E-state index in [9.17, 15) is 0 Å². The summed E-state index contributed by atoms with van der Waals surface area (Å²) >= 11 is 3.46. The van der Waals surface area contributed by atoms with Crippen LogP contribution in [0.25, 0.3) is 0 Å². The molecule has 0 N–H and O–H groups in total. The van der Waals surface area contributed by atoms with Crippen molar-refractivity contribution in [3.63, 3.8) is 0 Å². The third kappa shape index (κ3) is 1.07. The zero-order valence-electron chi connectivity index (χ0n) is 5.23. The van der Waals surface area contributed by atoms with E-state index in [2.05, 4.69) is 39.9 Å². The molecule has 1 aliphatic rings. The Kier molecular flexibility index (Phi) is 1.69. The Morgan fingerprint density at radius 3 is 3.00 bits per heavy atom. The molecule has 2 heterocycles. The van der Waals surface area contributed by atoms with Gasteiger partial charge in [-0.05, 0) is 22.9 Å². The van der Waals surface area contributed by atoms with Crippen molar-refractivity contribution in [2.24, 2.45) is 0 Å². The van der Waals surface area contributed by atoms with Crippen molar-refractivity contribution < 1.29 is 0 Å². The van der Waals surface area contributed by atoms with Gasteiger partial charge in [0.15, 0.2) is 0 Å². The summed E-state index contributed by atoms with van der Waals surface area (Å²) in [5.74, 6) is 2.09. The second-order valence-electron chi connectivity index (χ2n) is 1.89. The highest BCUT2D eigenvalue weighted by atomic mass is 32.2. The smallest absolute Gasteiger partial charge is 0.114 e. The van der Waals surface area contributed by atoms with Crippen LogP contribution in [0, 0.1) is 5.88 Å². The van der Waals surface area contributed by atoms with Gasteiger partial charge >= 0.3 is 0 Å². The van der Waals surface area contributed by atoms with E-state index in [1.807, 2.05) is 0 Å². The van der Waals surface area contributed by atoms with Gasteiger partial charge in [0.25, 0.3) is 0 Å². The number of thioether (sulfide) groups is 1. The second-order valence-corrected chi connectivity index (χ2v) is 3.57. The quantitative estimate of drug-likeness (QED) is 0.634. The van der Waals surface area contributed by atoms with Crippen LogP contribution in [0.1, 0.15) is 0 Å².